The van der Waals surface area contributed by atoms with Gasteiger partial charge in [0.2, 0.25) is 0 Å². The maximum atomic E-state index is 9.56. The Morgan fingerprint density at radius 1 is 1.05 bits per heavy atom. The van der Waals surface area contributed by atoms with Crippen molar-refractivity contribution in [3.63, 3.8) is 0 Å². The summed E-state index contributed by atoms with van der Waals surface area (Å²) >= 11 is 0. The van der Waals surface area contributed by atoms with Gasteiger partial charge >= 0.3 is 0 Å². The van der Waals surface area contributed by atoms with Crippen LogP contribution in [0.4, 0.5) is 0 Å². The SMILES string of the molecule is CC1CCC(C)N(C2CC(C(C)(C)C)CCC2C#N)C1. The van der Waals surface area contributed by atoms with Gasteiger partial charge in [-0.05, 0) is 56.3 Å². The molecule has 1 saturated carbocycles. The van der Waals surface area contributed by atoms with E-state index in [4.69, 9.17) is 0 Å². The van der Waals surface area contributed by atoms with Crippen molar-refractivity contribution in [2.75, 3.05) is 6.54 Å². The minimum absolute atomic E-state index is 0.251. The van der Waals surface area contributed by atoms with E-state index >= 15 is 0 Å². The minimum atomic E-state index is 0.251. The number of nitrogens with zero attached hydrogens (tertiary/aromatic N) is 2. The number of hydrogen-bond donors (Lipinski definition) is 0. The third kappa shape index (κ3) is 3.37. The second-order valence-electron chi connectivity index (χ2n) is 8.41. The summed E-state index contributed by atoms with van der Waals surface area (Å²) in [6.07, 6.45) is 6.20. The Morgan fingerprint density at radius 3 is 2.35 bits per heavy atom. The molecule has 1 aliphatic heterocycles. The van der Waals surface area contributed by atoms with E-state index in [9.17, 15) is 5.26 Å². The van der Waals surface area contributed by atoms with Gasteiger partial charge in [0.1, 0.15) is 0 Å². The third-order valence-electron chi connectivity index (χ3n) is 5.80. The Morgan fingerprint density at radius 2 is 1.75 bits per heavy atom. The molecular formula is C18H32N2. The summed E-state index contributed by atoms with van der Waals surface area (Å²) < 4.78 is 0. The highest BCUT2D eigenvalue weighted by Crippen LogP contribution is 2.43. The highest BCUT2D eigenvalue weighted by atomic mass is 15.2. The first-order valence-electron chi connectivity index (χ1n) is 8.48. The van der Waals surface area contributed by atoms with Crippen LogP contribution in [0.3, 0.4) is 0 Å². The predicted molar refractivity (Wildman–Crippen MR) is 84.3 cm³/mol. The van der Waals surface area contributed by atoms with Crippen molar-refractivity contribution in [1.29, 1.82) is 5.26 Å². The first-order valence-corrected chi connectivity index (χ1v) is 8.48. The number of hydrogen-bond acceptors (Lipinski definition) is 2. The van der Waals surface area contributed by atoms with E-state index < -0.39 is 0 Å². The Labute approximate surface area is 125 Å². The second kappa shape index (κ2) is 6.06. The van der Waals surface area contributed by atoms with Gasteiger partial charge in [-0.3, -0.25) is 4.90 Å². The fourth-order valence-electron chi connectivity index (χ4n) is 4.24. The van der Waals surface area contributed by atoms with E-state index in [0.717, 1.165) is 18.3 Å². The first-order chi connectivity index (χ1) is 9.32. The van der Waals surface area contributed by atoms with E-state index in [0.29, 0.717) is 17.5 Å². The Kier molecular flexibility index (Phi) is 4.80. The summed E-state index contributed by atoms with van der Waals surface area (Å²) in [5, 5.41) is 9.56. The third-order valence-corrected chi connectivity index (χ3v) is 5.80. The lowest BCUT2D eigenvalue weighted by molar-refractivity contribution is 0.00829. The lowest BCUT2D eigenvalue weighted by Gasteiger charge is -2.48. The molecule has 0 N–H and O–H groups in total. The average Bonchev–Trinajstić information content (AvgIpc) is 2.40. The molecular weight excluding hydrogens is 244 g/mol. The van der Waals surface area contributed by atoms with Crippen molar-refractivity contribution in [1.82, 2.24) is 4.90 Å². The molecule has 2 nitrogen and oxygen atoms in total. The van der Waals surface area contributed by atoms with Gasteiger partial charge in [-0.25, -0.2) is 0 Å². The normalized spacial score (nSPS) is 40.3. The van der Waals surface area contributed by atoms with Gasteiger partial charge in [-0.1, -0.05) is 27.7 Å². The molecule has 2 rings (SSSR count). The highest BCUT2D eigenvalue weighted by Gasteiger charge is 2.41. The lowest BCUT2D eigenvalue weighted by atomic mass is 9.67. The van der Waals surface area contributed by atoms with Crippen molar-refractivity contribution < 1.29 is 0 Å². The fourth-order valence-corrected chi connectivity index (χ4v) is 4.24. The maximum absolute atomic E-state index is 9.56. The van der Waals surface area contributed by atoms with Gasteiger partial charge in [-0.2, -0.15) is 5.26 Å². The van der Waals surface area contributed by atoms with E-state index in [1.165, 1.54) is 32.2 Å². The van der Waals surface area contributed by atoms with Crippen LogP contribution < -0.4 is 0 Å². The van der Waals surface area contributed by atoms with Gasteiger partial charge in [0, 0.05) is 18.6 Å². The summed E-state index contributed by atoms with van der Waals surface area (Å²) in [5.74, 6) is 1.81. The Balaban J connectivity index is 2.14. The lowest BCUT2D eigenvalue weighted by Crippen LogP contribution is -2.53. The van der Waals surface area contributed by atoms with Crippen molar-refractivity contribution in [2.45, 2.75) is 78.8 Å². The second-order valence-corrected chi connectivity index (χ2v) is 8.41. The molecule has 1 saturated heterocycles. The van der Waals surface area contributed by atoms with Gasteiger partial charge in [-0.15, -0.1) is 0 Å². The molecule has 5 unspecified atom stereocenters. The number of likely N-dealkylation sites (tertiary alicyclic amines) is 1. The van der Waals surface area contributed by atoms with Gasteiger partial charge in [0.25, 0.3) is 0 Å². The quantitative estimate of drug-likeness (QED) is 0.707. The predicted octanol–water partition coefficient (Wildman–Crippen LogP) is 4.46. The molecule has 0 aromatic rings. The highest BCUT2D eigenvalue weighted by molar-refractivity contribution is 5.01. The van der Waals surface area contributed by atoms with Crippen LogP contribution in [0, 0.1) is 34.5 Å². The topological polar surface area (TPSA) is 27.0 Å². The van der Waals surface area contributed by atoms with E-state index in [1.54, 1.807) is 0 Å². The van der Waals surface area contributed by atoms with Crippen molar-refractivity contribution in [3.05, 3.63) is 0 Å². The average molecular weight is 276 g/mol. The Bertz CT molecular complexity index is 363. The smallest absolute Gasteiger partial charge is 0.0672 e. The molecule has 2 fully saturated rings. The van der Waals surface area contributed by atoms with Crippen LogP contribution in [0.5, 0.6) is 0 Å². The first kappa shape index (κ1) is 15.8. The molecule has 2 aliphatic rings. The molecule has 114 valence electrons. The van der Waals surface area contributed by atoms with Gasteiger partial charge in [0.05, 0.1) is 12.0 Å². The van der Waals surface area contributed by atoms with E-state index in [2.05, 4.69) is 45.6 Å². The molecule has 0 spiro atoms. The molecule has 1 heterocycles. The van der Waals surface area contributed by atoms with E-state index in [-0.39, 0.29) is 5.92 Å². The fraction of sp³-hybridized carbons (Fsp3) is 0.944. The zero-order valence-corrected chi connectivity index (χ0v) is 14.0. The van der Waals surface area contributed by atoms with Crippen LogP contribution in [0.2, 0.25) is 0 Å². The minimum Gasteiger partial charge on any atom is -0.296 e. The van der Waals surface area contributed by atoms with Crippen LogP contribution in [-0.4, -0.2) is 23.5 Å². The molecule has 1 aliphatic carbocycles. The standard InChI is InChI=1S/C18H32N2/c1-13-6-7-14(2)20(12-13)17-10-16(18(3,4)5)9-8-15(17)11-19/h13-17H,6-10,12H2,1-5H3. The van der Waals surface area contributed by atoms with Gasteiger partial charge < -0.3 is 0 Å². The maximum Gasteiger partial charge on any atom is 0.0672 e. The summed E-state index contributed by atoms with van der Waals surface area (Å²) in [5.41, 5.74) is 0.378. The molecule has 0 aromatic carbocycles. The molecule has 2 heteroatoms. The summed E-state index contributed by atoms with van der Waals surface area (Å²) in [6.45, 7) is 13.0. The molecule has 0 aromatic heterocycles. The monoisotopic (exact) mass is 276 g/mol. The van der Waals surface area contributed by atoms with Crippen LogP contribution in [0.25, 0.3) is 0 Å². The number of piperidine rings is 1. The van der Waals surface area contributed by atoms with Crippen LogP contribution >= 0.6 is 0 Å². The largest absolute Gasteiger partial charge is 0.296 e. The Hall–Kier alpha value is -0.550. The molecule has 0 bridgehead atoms. The van der Waals surface area contributed by atoms with Crippen molar-refractivity contribution in [2.24, 2.45) is 23.2 Å². The van der Waals surface area contributed by atoms with Gasteiger partial charge in [0.15, 0.2) is 0 Å². The zero-order valence-electron chi connectivity index (χ0n) is 14.0. The number of rotatable bonds is 1. The zero-order chi connectivity index (χ0) is 14.9. The van der Waals surface area contributed by atoms with Crippen molar-refractivity contribution in [3.8, 4) is 6.07 Å². The van der Waals surface area contributed by atoms with E-state index in [1.807, 2.05) is 0 Å². The van der Waals surface area contributed by atoms with Crippen LogP contribution in [0.1, 0.15) is 66.7 Å². The van der Waals surface area contributed by atoms with Crippen molar-refractivity contribution >= 4 is 0 Å². The van der Waals surface area contributed by atoms with Crippen LogP contribution in [0.15, 0.2) is 0 Å². The number of nitriles is 1. The molecule has 0 amide bonds. The summed E-state index contributed by atoms with van der Waals surface area (Å²) in [7, 11) is 0. The molecule has 0 radical (unpaired) electrons. The summed E-state index contributed by atoms with van der Waals surface area (Å²) in [6, 6.07) is 3.77. The summed E-state index contributed by atoms with van der Waals surface area (Å²) in [4.78, 5) is 2.68. The van der Waals surface area contributed by atoms with Crippen LogP contribution in [-0.2, 0) is 0 Å². The molecule has 20 heavy (non-hydrogen) atoms. The molecule has 5 atom stereocenters.